The zero-order chi connectivity index (χ0) is 15.2. The van der Waals surface area contributed by atoms with Gasteiger partial charge in [-0.1, -0.05) is 37.3 Å². The number of rotatable bonds is 5. The van der Waals surface area contributed by atoms with Crippen molar-refractivity contribution in [3.05, 3.63) is 35.9 Å². The second-order valence-electron chi connectivity index (χ2n) is 6.09. The number of amides is 1. The van der Waals surface area contributed by atoms with Crippen LogP contribution in [-0.2, 0) is 4.79 Å². The molecule has 1 aromatic rings. The molecule has 4 heteroatoms. The molecule has 1 aliphatic heterocycles. The first-order valence-corrected chi connectivity index (χ1v) is 7.80. The lowest BCUT2D eigenvalue weighted by atomic mass is 9.97. The van der Waals surface area contributed by atoms with Crippen molar-refractivity contribution in [2.24, 2.45) is 0 Å². The van der Waals surface area contributed by atoms with E-state index in [9.17, 15) is 4.79 Å². The lowest BCUT2D eigenvalue weighted by Gasteiger charge is -2.37. The van der Waals surface area contributed by atoms with Crippen LogP contribution in [-0.4, -0.2) is 62.0 Å². The Morgan fingerprint density at radius 3 is 2.76 bits per heavy atom. The molecule has 2 atom stereocenters. The summed E-state index contributed by atoms with van der Waals surface area (Å²) < 4.78 is 0. The fraction of sp³-hybridized carbons (Fsp3) is 0.588. The van der Waals surface area contributed by atoms with E-state index in [1.54, 1.807) is 4.90 Å². The monoisotopic (exact) mass is 289 g/mol. The van der Waals surface area contributed by atoms with E-state index >= 15 is 0 Å². The van der Waals surface area contributed by atoms with Crippen LogP contribution in [0.15, 0.2) is 30.3 Å². The number of benzene rings is 1. The maximum absolute atomic E-state index is 12.3. The SMILES string of the molecule is CC(CCN1CCNCC1C(=O)N(C)C)c1ccccc1. The summed E-state index contributed by atoms with van der Waals surface area (Å²) >= 11 is 0. The van der Waals surface area contributed by atoms with E-state index in [-0.39, 0.29) is 11.9 Å². The van der Waals surface area contributed by atoms with Gasteiger partial charge in [-0.2, -0.15) is 0 Å². The molecule has 0 spiro atoms. The molecule has 21 heavy (non-hydrogen) atoms. The summed E-state index contributed by atoms with van der Waals surface area (Å²) in [6, 6.07) is 10.6. The van der Waals surface area contributed by atoms with Crippen molar-refractivity contribution in [1.82, 2.24) is 15.1 Å². The first-order chi connectivity index (χ1) is 10.1. The van der Waals surface area contributed by atoms with Gasteiger partial charge in [-0.25, -0.2) is 0 Å². The minimum atomic E-state index is -0.0169. The standard InChI is InChI=1S/C17H27N3O/c1-14(15-7-5-4-6-8-15)9-11-20-12-10-18-13-16(20)17(21)19(2)3/h4-8,14,16,18H,9-13H2,1-3H3. The summed E-state index contributed by atoms with van der Waals surface area (Å²) in [4.78, 5) is 16.3. The molecular weight excluding hydrogens is 262 g/mol. The highest BCUT2D eigenvalue weighted by molar-refractivity contribution is 5.81. The molecule has 0 radical (unpaired) electrons. The molecule has 1 saturated heterocycles. The summed E-state index contributed by atoms with van der Waals surface area (Å²) in [7, 11) is 3.67. The van der Waals surface area contributed by atoms with Gasteiger partial charge in [0.1, 0.15) is 6.04 Å². The molecule has 0 aromatic heterocycles. The van der Waals surface area contributed by atoms with Gasteiger partial charge in [0.2, 0.25) is 5.91 Å². The van der Waals surface area contributed by atoms with Gasteiger partial charge in [0, 0.05) is 33.7 Å². The average Bonchev–Trinajstić information content (AvgIpc) is 2.53. The van der Waals surface area contributed by atoms with Gasteiger partial charge in [0.25, 0.3) is 0 Å². The number of piperazine rings is 1. The molecule has 1 fully saturated rings. The highest BCUT2D eigenvalue weighted by Gasteiger charge is 2.29. The summed E-state index contributed by atoms with van der Waals surface area (Å²) in [5, 5.41) is 3.33. The predicted octanol–water partition coefficient (Wildman–Crippen LogP) is 1.54. The number of hydrogen-bond donors (Lipinski definition) is 1. The van der Waals surface area contributed by atoms with E-state index in [1.807, 2.05) is 14.1 Å². The highest BCUT2D eigenvalue weighted by Crippen LogP contribution is 2.20. The maximum atomic E-state index is 12.3. The first kappa shape index (κ1) is 16.0. The van der Waals surface area contributed by atoms with Crippen LogP contribution in [0.4, 0.5) is 0 Å². The molecule has 0 aliphatic carbocycles. The van der Waals surface area contributed by atoms with Crippen LogP contribution < -0.4 is 5.32 Å². The highest BCUT2D eigenvalue weighted by atomic mass is 16.2. The van der Waals surface area contributed by atoms with Crippen LogP contribution in [0.25, 0.3) is 0 Å². The van der Waals surface area contributed by atoms with E-state index in [2.05, 4.69) is 47.5 Å². The maximum Gasteiger partial charge on any atom is 0.240 e. The Morgan fingerprint density at radius 1 is 1.38 bits per heavy atom. The fourth-order valence-corrected chi connectivity index (χ4v) is 2.86. The molecule has 2 rings (SSSR count). The number of hydrogen-bond acceptors (Lipinski definition) is 3. The molecule has 2 unspecified atom stereocenters. The molecule has 4 nitrogen and oxygen atoms in total. The summed E-state index contributed by atoms with van der Waals surface area (Å²) in [5.74, 6) is 0.728. The zero-order valence-corrected chi connectivity index (χ0v) is 13.4. The second kappa shape index (κ2) is 7.57. The predicted molar refractivity (Wildman–Crippen MR) is 86.4 cm³/mol. The van der Waals surface area contributed by atoms with E-state index < -0.39 is 0 Å². The summed E-state index contributed by atoms with van der Waals surface area (Å²) in [6.45, 7) is 5.92. The van der Waals surface area contributed by atoms with E-state index in [1.165, 1.54) is 5.56 Å². The second-order valence-corrected chi connectivity index (χ2v) is 6.09. The smallest absolute Gasteiger partial charge is 0.240 e. The van der Waals surface area contributed by atoms with E-state index in [0.29, 0.717) is 5.92 Å². The number of carbonyl (C=O) groups is 1. The quantitative estimate of drug-likeness (QED) is 0.893. The average molecular weight is 289 g/mol. The Balaban J connectivity index is 1.92. The van der Waals surface area contributed by atoms with Crippen molar-refractivity contribution in [3.63, 3.8) is 0 Å². The van der Waals surface area contributed by atoms with Gasteiger partial charge in [-0.05, 0) is 24.4 Å². The van der Waals surface area contributed by atoms with Crippen LogP contribution in [0.3, 0.4) is 0 Å². The minimum Gasteiger partial charge on any atom is -0.347 e. The van der Waals surface area contributed by atoms with Gasteiger partial charge in [-0.3, -0.25) is 9.69 Å². The largest absolute Gasteiger partial charge is 0.347 e. The fourth-order valence-electron chi connectivity index (χ4n) is 2.86. The molecule has 1 N–H and O–H groups in total. The number of carbonyl (C=O) groups excluding carboxylic acids is 1. The van der Waals surface area contributed by atoms with Crippen LogP contribution >= 0.6 is 0 Å². The molecule has 0 saturated carbocycles. The number of nitrogens with zero attached hydrogens (tertiary/aromatic N) is 2. The van der Waals surface area contributed by atoms with Crippen molar-refractivity contribution in [2.45, 2.75) is 25.3 Å². The molecule has 1 aromatic carbocycles. The Labute approximate surface area is 128 Å². The van der Waals surface area contributed by atoms with Crippen LogP contribution in [0.1, 0.15) is 24.8 Å². The number of nitrogens with one attached hydrogen (secondary N) is 1. The third-order valence-electron chi connectivity index (χ3n) is 4.30. The molecule has 0 bridgehead atoms. The van der Waals surface area contributed by atoms with Gasteiger partial charge < -0.3 is 10.2 Å². The minimum absolute atomic E-state index is 0.0169. The molecule has 1 amide bonds. The van der Waals surface area contributed by atoms with Gasteiger partial charge in [0.15, 0.2) is 0 Å². The summed E-state index contributed by atoms with van der Waals surface area (Å²) in [6.07, 6.45) is 1.08. The zero-order valence-electron chi connectivity index (χ0n) is 13.4. The van der Waals surface area contributed by atoms with Crippen molar-refractivity contribution < 1.29 is 4.79 Å². The molecule has 116 valence electrons. The van der Waals surface area contributed by atoms with Crippen LogP contribution in [0.2, 0.25) is 0 Å². The Hall–Kier alpha value is -1.39. The lowest BCUT2D eigenvalue weighted by molar-refractivity contribution is -0.135. The summed E-state index contributed by atoms with van der Waals surface area (Å²) in [5.41, 5.74) is 1.38. The van der Waals surface area contributed by atoms with Gasteiger partial charge in [-0.15, -0.1) is 0 Å². The Bertz CT molecular complexity index is 447. The van der Waals surface area contributed by atoms with Crippen LogP contribution in [0.5, 0.6) is 0 Å². The third kappa shape index (κ3) is 4.29. The molecule has 1 aliphatic rings. The Kier molecular flexibility index (Phi) is 5.76. The molecule has 1 heterocycles. The van der Waals surface area contributed by atoms with Crippen LogP contribution in [0, 0.1) is 0 Å². The number of likely N-dealkylation sites (N-methyl/N-ethyl adjacent to an activating group) is 1. The van der Waals surface area contributed by atoms with Crippen molar-refractivity contribution in [1.29, 1.82) is 0 Å². The third-order valence-corrected chi connectivity index (χ3v) is 4.30. The van der Waals surface area contributed by atoms with Gasteiger partial charge >= 0.3 is 0 Å². The van der Waals surface area contributed by atoms with E-state index in [0.717, 1.165) is 32.6 Å². The first-order valence-electron chi connectivity index (χ1n) is 7.80. The van der Waals surface area contributed by atoms with Crippen molar-refractivity contribution in [3.8, 4) is 0 Å². The van der Waals surface area contributed by atoms with E-state index in [4.69, 9.17) is 0 Å². The lowest BCUT2D eigenvalue weighted by Crippen LogP contribution is -2.57. The normalized spacial score (nSPS) is 21.0. The Morgan fingerprint density at radius 2 is 2.10 bits per heavy atom. The van der Waals surface area contributed by atoms with Crippen molar-refractivity contribution >= 4 is 5.91 Å². The van der Waals surface area contributed by atoms with Gasteiger partial charge in [0.05, 0.1) is 0 Å². The topological polar surface area (TPSA) is 35.6 Å². The molecular formula is C17H27N3O. The van der Waals surface area contributed by atoms with Crippen molar-refractivity contribution in [2.75, 3.05) is 40.3 Å².